The summed E-state index contributed by atoms with van der Waals surface area (Å²) in [5.74, 6) is 0. The molecule has 4 heteroatoms. The summed E-state index contributed by atoms with van der Waals surface area (Å²) in [6, 6.07) is 22.1. The van der Waals surface area contributed by atoms with Crippen molar-refractivity contribution < 1.29 is 31.7 Å². The molecule has 104 valence electrons. The van der Waals surface area contributed by atoms with Gasteiger partial charge in [0.2, 0.25) is 0 Å². The van der Waals surface area contributed by atoms with Crippen LogP contribution in [0, 0.1) is 6.07 Å². The molecule has 0 aromatic heterocycles. The second-order valence-electron chi connectivity index (χ2n) is 3.42. The van der Waals surface area contributed by atoms with E-state index in [1.165, 1.54) is 21.5 Å². The van der Waals surface area contributed by atoms with E-state index in [0.717, 1.165) is 0 Å². The van der Waals surface area contributed by atoms with E-state index in [4.69, 9.17) is 14.4 Å². The van der Waals surface area contributed by atoms with Crippen molar-refractivity contribution in [3.8, 4) is 0 Å². The van der Waals surface area contributed by atoms with Gasteiger partial charge in [-0.15, -0.1) is 41.1 Å². The maximum absolute atomic E-state index is 7.75. The Morgan fingerprint density at radius 3 is 1.90 bits per heavy atom. The second kappa shape index (κ2) is 12.7. The number of benzene rings is 3. The van der Waals surface area contributed by atoms with Gasteiger partial charge in [-0.3, -0.25) is 20.4 Å². The third-order valence-electron chi connectivity index (χ3n) is 2.57. The fraction of sp³-hybridized carbons (Fsp3) is 0. The number of rotatable bonds is 0. The molecule has 0 saturated heterocycles. The molecule has 0 N–H and O–H groups in total. The molecule has 0 bridgehead atoms. The van der Waals surface area contributed by atoms with Crippen molar-refractivity contribution in [1.82, 2.24) is 0 Å². The van der Waals surface area contributed by atoms with E-state index in [1.54, 1.807) is 0 Å². The summed E-state index contributed by atoms with van der Waals surface area (Å²) in [4.78, 5) is 23.2. The zero-order valence-corrected chi connectivity index (χ0v) is 12.3. The Bertz CT molecular complexity index is 596. The van der Waals surface area contributed by atoms with Crippen LogP contribution in [0.2, 0.25) is 0 Å². The average Bonchev–Trinajstić information content (AvgIpc) is 2.60. The minimum Gasteiger partial charge on any atom is -0.545 e. The first kappa shape index (κ1) is 21.0. The van der Waals surface area contributed by atoms with Gasteiger partial charge in [-0.2, -0.15) is 0 Å². The summed E-state index contributed by atoms with van der Waals surface area (Å²) >= 11 is 0. The molecule has 0 unspecified atom stereocenters. The van der Waals surface area contributed by atoms with Crippen LogP contribution in [0.4, 0.5) is 0 Å². The predicted molar refractivity (Wildman–Crippen MR) is 80.5 cm³/mol. The van der Waals surface area contributed by atoms with Gasteiger partial charge in [0.15, 0.2) is 0 Å². The van der Waals surface area contributed by atoms with Gasteiger partial charge in [0.25, 0.3) is 0 Å². The van der Waals surface area contributed by atoms with E-state index in [9.17, 15) is 0 Å². The molecule has 3 aromatic carbocycles. The molecular formula is C17H12CrO3. The molecule has 0 heterocycles. The number of carbonyl (C=O) groups excluding carboxylic acids is 3. The quantitative estimate of drug-likeness (QED) is 0.364. The molecular weight excluding hydrogens is 304 g/mol. The van der Waals surface area contributed by atoms with E-state index in [-0.39, 0.29) is 17.4 Å². The van der Waals surface area contributed by atoms with Crippen molar-refractivity contribution in [2.75, 3.05) is 0 Å². The third-order valence-corrected chi connectivity index (χ3v) is 2.57. The first-order valence-electron chi connectivity index (χ1n) is 5.44. The molecule has 21 heavy (non-hydrogen) atoms. The molecule has 3 rings (SSSR count). The standard InChI is InChI=1S/C14H9.3CHO.Cr/c1-3-7-13-11(5-1)9-10-12-6-2-4-8-14(12)13;3*1-2;/h1-5,7-10H;3*1H;/q4*-1;+4. The molecule has 0 amide bonds. The summed E-state index contributed by atoms with van der Waals surface area (Å²) < 4.78 is 0. The molecule has 0 spiro atoms. The number of hydrogen-bond donors (Lipinski definition) is 0. The minimum absolute atomic E-state index is 0. The van der Waals surface area contributed by atoms with Gasteiger partial charge < -0.3 is 14.4 Å². The maximum atomic E-state index is 7.75. The van der Waals surface area contributed by atoms with E-state index in [2.05, 4.69) is 68.9 Å². The third kappa shape index (κ3) is 5.31. The first-order chi connectivity index (χ1) is 9.95. The van der Waals surface area contributed by atoms with E-state index >= 15 is 0 Å². The van der Waals surface area contributed by atoms with Crippen LogP contribution >= 0.6 is 0 Å². The molecule has 3 nitrogen and oxygen atoms in total. The Kier molecular flexibility index (Phi) is 12.8. The Morgan fingerprint density at radius 2 is 1.24 bits per heavy atom. The van der Waals surface area contributed by atoms with Crippen LogP contribution in [-0.2, 0) is 31.7 Å². The van der Waals surface area contributed by atoms with Gasteiger partial charge in [-0.25, -0.2) is 0 Å². The molecule has 0 atom stereocenters. The second-order valence-corrected chi connectivity index (χ2v) is 3.42. The van der Waals surface area contributed by atoms with Gasteiger partial charge in [0, 0.05) is 0 Å². The smallest absolute Gasteiger partial charge is 0.545 e. The van der Waals surface area contributed by atoms with Gasteiger partial charge in [0.05, 0.1) is 0 Å². The van der Waals surface area contributed by atoms with Crippen LogP contribution < -0.4 is 0 Å². The molecule has 0 saturated carbocycles. The molecule has 0 aliphatic carbocycles. The topological polar surface area (TPSA) is 51.2 Å². The van der Waals surface area contributed by atoms with E-state index < -0.39 is 0 Å². The van der Waals surface area contributed by atoms with Crippen LogP contribution in [0.1, 0.15) is 0 Å². The SMILES string of the molecule is [CH-]=O.[CH-]=O.[CH-]=O.[Cr+4].[c-]1cccc2c1ccc1ccccc12. The Balaban J connectivity index is 0. The van der Waals surface area contributed by atoms with Crippen molar-refractivity contribution >= 4 is 41.9 Å². The largest absolute Gasteiger partial charge is 4.00 e. The van der Waals surface area contributed by atoms with E-state index in [0.29, 0.717) is 0 Å². The number of fused-ring (bicyclic) bond motifs is 3. The Labute approximate surface area is 134 Å². The Hall–Kier alpha value is -2.28. The molecule has 0 fully saturated rings. The number of hydrogen-bond acceptors (Lipinski definition) is 3. The fourth-order valence-electron chi connectivity index (χ4n) is 1.88. The van der Waals surface area contributed by atoms with Gasteiger partial charge in [-0.05, 0) is 5.39 Å². The van der Waals surface area contributed by atoms with Gasteiger partial charge in [0.1, 0.15) is 0 Å². The van der Waals surface area contributed by atoms with Gasteiger partial charge >= 0.3 is 17.4 Å². The van der Waals surface area contributed by atoms with Crippen LogP contribution in [0.25, 0.3) is 21.5 Å². The normalized spacial score (nSPS) is 7.81. The van der Waals surface area contributed by atoms with Crippen LogP contribution in [0.5, 0.6) is 0 Å². The average molecular weight is 316 g/mol. The van der Waals surface area contributed by atoms with Crippen molar-refractivity contribution in [3.63, 3.8) is 0 Å². The summed E-state index contributed by atoms with van der Waals surface area (Å²) in [7, 11) is 0. The summed E-state index contributed by atoms with van der Waals surface area (Å²) in [6.45, 7) is 9.75. The zero-order chi connectivity index (χ0) is 15.4. The molecule has 0 aliphatic heterocycles. The van der Waals surface area contributed by atoms with Crippen molar-refractivity contribution in [2.45, 2.75) is 0 Å². The molecule has 0 radical (unpaired) electrons. The van der Waals surface area contributed by atoms with Crippen LogP contribution in [-0.4, -0.2) is 20.4 Å². The minimum atomic E-state index is 0. The Morgan fingerprint density at radius 1 is 0.667 bits per heavy atom. The zero-order valence-electron chi connectivity index (χ0n) is 11.1. The van der Waals surface area contributed by atoms with Gasteiger partial charge in [-0.1, -0.05) is 35.7 Å². The first-order valence-corrected chi connectivity index (χ1v) is 5.44. The monoisotopic (exact) mass is 316 g/mol. The summed E-state index contributed by atoms with van der Waals surface area (Å²) in [6.07, 6.45) is 0. The van der Waals surface area contributed by atoms with Crippen LogP contribution in [0.15, 0.2) is 54.6 Å². The van der Waals surface area contributed by atoms with Crippen molar-refractivity contribution in [1.29, 1.82) is 0 Å². The van der Waals surface area contributed by atoms with Crippen molar-refractivity contribution in [2.24, 2.45) is 0 Å². The van der Waals surface area contributed by atoms with E-state index in [1.807, 2.05) is 12.1 Å². The fourth-order valence-corrected chi connectivity index (χ4v) is 1.88. The molecule has 3 aromatic rings. The van der Waals surface area contributed by atoms with Crippen LogP contribution in [0.3, 0.4) is 0 Å². The van der Waals surface area contributed by atoms with Crippen molar-refractivity contribution in [3.05, 3.63) is 60.7 Å². The summed E-state index contributed by atoms with van der Waals surface area (Å²) in [5, 5.41) is 5.07. The summed E-state index contributed by atoms with van der Waals surface area (Å²) in [5.41, 5.74) is 0. The molecule has 0 aliphatic rings. The predicted octanol–water partition coefficient (Wildman–Crippen LogP) is 2.97. The maximum Gasteiger partial charge on any atom is 4.00 e.